The zero-order chi connectivity index (χ0) is 16.2. The van der Waals surface area contributed by atoms with E-state index in [1.54, 1.807) is 0 Å². The lowest BCUT2D eigenvalue weighted by Gasteiger charge is -2.31. The van der Waals surface area contributed by atoms with E-state index in [-0.39, 0.29) is 6.54 Å². The molecular weight excluding hydrogens is 295 g/mol. The Kier molecular flexibility index (Phi) is 5.66. The van der Waals surface area contributed by atoms with Crippen LogP contribution >= 0.6 is 0 Å². The quantitative estimate of drug-likeness (QED) is 0.652. The van der Waals surface area contributed by atoms with Crippen molar-refractivity contribution in [3.63, 3.8) is 0 Å². The number of aliphatic hydroxyl groups is 1. The van der Waals surface area contributed by atoms with Crippen LogP contribution in [0.2, 0.25) is 0 Å². The van der Waals surface area contributed by atoms with Gasteiger partial charge in [0.2, 0.25) is 0 Å². The fourth-order valence-corrected chi connectivity index (χ4v) is 2.53. The van der Waals surface area contributed by atoms with Gasteiger partial charge in [-0.15, -0.1) is 0 Å². The van der Waals surface area contributed by atoms with Crippen molar-refractivity contribution in [3.05, 3.63) is 29.8 Å². The highest BCUT2D eigenvalue weighted by Crippen LogP contribution is 2.18. The molecule has 1 saturated heterocycles. The van der Waals surface area contributed by atoms with Crippen LogP contribution in [0.15, 0.2) is 24.3 Å². The Hall–Kier alpha value is -1.31. The number of nitrogens with zero attached hydrogens (tertiary/aromatic N) is 1. The zero-order valence-electron chi connectivity index (χ0n) is 12.7. The summed E-state index contributed by atoms with van der Waals surface area (Å²) in [6.07, 6.45) is -6.80. The number of anilines is 1. The Morgan fingerprint density at radius 2 is 1.82 bits per heavy atom. The SMILES string of the molecule is C[NH+]1CCN(c2ccc(C[NH2+]C[C@@H](O)C(F)(F)F)cc2)CC1. The minimum atomic E-state index is -4.54. The van der Waals surface area contributed by atoms with Crippen LogP contribution < -0.4 is 15.1 Å². The van der Waals surface area contributed by atoms with Gasteiger partial charge in [-0.2, -0.15) is 13.2 Å². The van der Waals surface area contributed by atoms with Crippen molar-refractivity contribution in [2.75, 3.05) is 44.7 Å². The van der Waals surface area contributed by atoms with Crippen LogP contribution in [0, 0.1) is 0 Å². The standard InChI is InChI=1S/C15H22F3N3O/c1-20-6-8-21(9-7-20)13-4-2-12(3-5-13)10-19-11-14(22)15(16,17)18/h2-5,14,19,22H,6-11H2,1H3/p+2/t14-/m1/s1. The van der Waals surface area contributed by atoms with Gasteiger partial charge in [0.15, 0.2) is 6.10 Å². The molecule has 1 atom stereocenters. The molecule has 0 radical (unpaired) electrons. The Balaban J connectivity index is 1.80. The number of nitrogens with one attached hydrogen (secondary N) is 1. The van der Waals surface area contributed by atoms with Crippen molar-refractivity contribution in [1.82, 2.24) is 0 Å². The molecule has 1 aromatic rings. The number of aliphatic hydroxyl groups excluding tert-OH is 1. The summed E-state index contributed by atoms with van der Waals surface area (Å²) in [5, 5.41) is 10.4. The number of piperazine rings is 1. The van der Waals surface area contributed by atoms with Crippen LogP contribution in [-0.4, -0.2) is 57.2 Å². The molecular formula is C15H24F3N3O+2. The Morgan fingerprint density at radius 3 is 2.36 bits per heavy atom. The molecule has 0 bridgehead atoms. The van der Waals surface area contributed by atoms with Crippen LogP contribution in [0.3, 0.4) is 0 Å². The molecule has 1 aromatic carbocycles. The molecule has 1 aliphatic rings. The normalized spacial score (nSPS) is 18.5. The molecule has 0 aromatic heterocycles. The van der Waals surface area contributed by atoms with Crippen molar-refractivity contribution in [2.24, 2.45) is 0 Å². The summed E-state index contributed by atoms with van der Waals surface area (Å²) in [7, 11) is 2.19. The maximum Gasteiger partial charge on any atom is 0.419 e. The monoisotopic (exact) mass is 319 g/mol. The van der Waals surface area contributed by atoms with E-state index in [4.69, 9.17) is 5.11 Å². The number of hydrogen-bond acceptors (Lipinski definition) is 2. The summed E-state index contributed by atoms with van der Waals surface area (Å²) < 4.78 is 36.6. The minimum Gasteiger partial charge on any atom is -0.379 e. The van der Waals surface area contributed by atoms with Gasteiger partial charge in [-0.05, 0) is 12.1 Å². The van der Waals surface area contributed by atoms with E-state index in [2.05, 4.69) is 11.9 Å². The average Bonchev–Trinajstić information content (AvgIpc) is 2.48. The highest BCUT2D eigenvalue weighted by Gasteiger charge is 2.39. The first-order chi connectivity index (χ1) is 10.4. The number of rotatable bonds is 5. The predicted octanol–water partition coefficient (Wildman–Crippen LogP) is -0.992. The van der Waals surface area contributed by atoms with E-state index >= 15 is 0 Å². The maximum absolute atomic E-state index is 12.2. The van der Waals surface area contributed by atoms with Crippen molar-refractivity contribution < 1.29 is 28.5 Å². The van der Waals surface area contributed by atoms with Crippen molar-refractivity contribution in [3.8, 4) is 0 Å². The molecule has 0 amide bonds. The number of hydrogen-bond donors (Lipinski definition) is 3. The summed E-state index contributed by atoms with van der Waals surface area (Å²) >= 11 is 0. The van der Waals surface area contributed by atoms with Crippen LogP contribution in [0.25, 0.3) is 0 Å². The van der Waals surface area contributed by atoms with E-state index < -0.39 is 12.3 Å². The van der Waals surface area contributed by atoms with Crippen LogP contribution in [-0.2, 0) is 6.54 Å². The van der Waals surface area contributed by atoms with Gasteiger partial charge < -0.3 is 20.2 Å². The minimum absolute atomic E-state index is 0.369. The van der Waals surface area contributed by atoms with E-state index in [1.165, 1.54) is 10.2 Å². The van der Waals surface area contributed by atoms with E-state index in [0.29, 0.717) is 6.54 Å². The lowest BCUT2D eigenvalue weighted by molar-refractivity contribution is -0.880. The molecule has 4 N–H and O–H groups in total. The molecule has 1 heterocycles. The van der Waals surface area contributed by atoms with E-state index in [0.717, 1.165) is 37.4 Å². The second kappa shape index (κ2) is 7.30. The fourth-order valence-electron chi connectivity index (χ4n) is 2.53. The van der Waals surface area contributed by atoms with Crippen LogP contribution in [0.5, 0.6) is 0 Å². The molecule has 22 heavy (non-hydrogen) atoms. The number of benzene rings is 1. The first-order valence-corrected chi connectivity index (χ1v) is 7.58. The van der Waals surface area contributed by atoms with Crippen LogP contribution in [0.4, 0.5) is 18.9 Å². The molecule has 1 aliphatic heterocycles. The molecule has 0 unspecified atom stereocenters. The molecule has 0 aliphatic carbocycles. The number of nitrogens with two attached hydrogens (primary N) is 1. The van der Waals surface area contributed by atoms with E-state index in [9.17, 15) is 13.2 Å². The van der Waals surface area contributed by atoms with Gasteiger partial charge in [-0.25, -0.2) is 0 Å². The molecule has 4 nitrogen and oxygen atoms in total. The zero-order valence-corrected chi connectivity index (χ0v) is 12.7. The highest BCUT2D eigenvalue weighted by molar-refractivity contribution is 5.47. The van der Waals surface area contributed by atoms with Gasteiger partial charge >= 0.3 is 6.18 Å². The third-order valence-corrected chi connectivity index (χ3v) is 4.07. The number of likely N-dealkylation sites (N-methyl/N-ethyl adjacent to an activating group) is 1. The Labute approximate surface area is 128 Å². The van der Waals surface area contributed by atoms with Crippen molar-refractivity contribution >= 4 is 5.69 Å². The molecule has 2 rings (SSSR count). The first-order valence-electron chi connectivity index (χ1n) is 7.58. The van der Waals surface area contributed by atoms with Gasteiger partial charge in [0.25, 0.3) is 0 Å². The highest BCUT2D eigenvalue weighted by atomic mass is 19.4. The summed E-state index contributed by atoms with van der Waals surface area (Å²) in [6, 6.07) is 7.92. The first kappa shape index (κ1) is 17.1. The fraction of sp³-hybridized carbons (Fsp3) is 0.600. The predicted molar refractivity (Wildman–Crippen MR) is 77.8 cm³/mol. The Morgan fingerprint density at radius 1 is 1.23 bits per heavy atom. The topological polar surface area (TPSA) is 44.5 Å². The Bertz CT molecular complexity index is 456. The van der Waals surface area contributed by atoms with E-state index in [1.807, 2.05) is 24.3 Å². The summed E-state index contributed by atoms with van der Waals surface area (Å²) in [4.78, 5) is 3.86. The second-order valence-corrected chi connectivity index (χ2v) is 5.90. The largest absolute Gasteiger partial charge is 0.419 e. The summed E-state index contributed by atoms with van der Waals surface area (Å²) in [5.74, 6) is 0. The molecule has 124 valence electrons. The molecule has 0 saturated carbocycles. The third-order valence-electron chi connectivity index (χ3n) is 4.07. The lowest BCUT2D eigenvalue weighted by atomic mass is 10.1. The van der Waals surface area contributed by atoms with Gasteiger partial charge in [-0.1, -0.05) is 12.1 Å². The summed E-state index contributed by atoms with van der Waals surface area (Å²) in [5.41, 5.74) is 2.12. The van der Waals surface area contributed by atoms with Gasteiger partial charge in [-0.3, -0.25) is 0 Å². The smallest absolute Gasteiger partial charge is 0.379 e. The second-order valence-electron chi connectivity index (χ2n) is 5.90. The summed E-state index contributed by atoms with van der Waals surface area (Å²) in [6.45, 7) is 4.34. The van der Waals surface area contributed by atoms with Gasteiger partial charge in [0.1, 0.15) is 13.1 Å². The number of quaternary nitrogens is 2. The molecule has 7 heteroatoms. The average molecular weight is 319 g/mol. The van der Waals surface area contributed by atoms with Gasteiger partial charge in [0.05, 0.1) is 33.2 Å². The maximum atomic E-state index is 12.2. The number of alkyl halides is 3. The van der Waals surface area contributed by atoms with Gasteiger partial charge in [0, 0.05) is 11.3 Å². The molecule has 1 fully saturated rings. The molecule has 0 spiro atoms. The van der Waals surface area contributed by atoms with Crippen molar-refractivity contribution in [1.29, 1.82) is 0 Å². The van der Waals surface area contributed by atoms with Crippen LogP contribution in [0.1, 0.15) is 5.56 Å². The third kappa shape index (κ3) is 4.86. The number of halogens is 3. The lowest BCUT2D eigenvalue weighted by Crippen LogP contribution is -3.12. The van der Waals surface area contributed by atoms with Crippen molar-refractivity contribution in [2.45, 2.75) is 18.8 Å².